The minimum Gasteiger partial charge on any atom is -0.326 e. The molecule has 0 fully saturated rings. The predicted molar refractivity (Wildman–Crippen MR) is 77.3 cm³/mol. The van der Waals surface area contributed by atoms with E-state index in [-0.39, 0.29) is 17.0 Å². The Balaban J connectivity index is 2.26. The number of nitrogens with zero attached hydrogens (tertiary/aromatic N) is 1. The molecule has 0 aliphatic heterocycles. The highest BCUT2D eigenvalue weighted by atomic mass is 32.2. The highest BCUT2D eigenvalue weighted by Crippen LogP contribution is 2.18. The molecule has 112 valence electrons. The summed E-state index contributed by atoms with van der Waals surface area (Å²) in [4.78, 5) is 3.93. The topological polar surface area (TPSA) is 85.1 Å². The monoisotopic (exact) mass is 309 g/mol. The number of nitrogens with two attached hydrogens (primary N) is 1. The summed E-state index contributed by atoms with van der Waals surface area (Å²) in [5.74, 6) is -0.517. The molecule has 1 aromatic heterocycles. The Morgan fingerprint density at radius 3 is 2.76 bits per heavy atom. The van der Waals surface area contributed by atoms with Crippen LogP contribution in [0.1, 0.15) is 24.1 Å². The van der Waals surface area contributed by atoms with E-state index in [1.165, 1.54) is 12.1 Å². The fourth-order valence-corrected chi connectivity index (χ4v) is 3.16. The van der Waals surface area contributed by atoms with Gasteiger partial charge in [-0.3, -0.25) is 4.98 Å². The van der Waals surface area contributed by atoms with Gasteiger partial charge < -0.3 is 5.73 Å². The second-order valence-corrected chi connectivity index (χ2v) is 6.30. The molecule has 1 aromatic carbocycles. The van der Waals surface area contributed by atoms with Gasteiger partial charge in [-0.2, -0.15) is 0 Å². The van der Waals surface area contributed by atoms with Gasteiger partial charge in [-0.05, 0) is 36.8 Å². The molecule has 0 saturated heterocycles. The molecule has 0 amide bonds. The molecule has 2 rings (SSSR count). The van der Waals surface area contributed by atoms with Crippen LogP contribution >= 0.6 is 0 Å². The van der Waals surface area contributed by atoms with E-state index in [4.69, 9.17) is 5.73 Å². The first-order chi connectivity index (χ1) is 9.94. The Morgan fingerprint density at radius 1 is 1.38 bits per heavy atom. The first-order valence-electron chi connectivity index (χ1n) is 6.35. The van der Waals surface area contributed by atoms with Crippen molar-refractivity contribution < 1.29 is 12.8 Å². The molecule has 1 unspecified atom stereocenters. The van der Waals surface area contributed by atoms with Crippen molar-refractivity contribution in [1.29, 1.82) is 0 Å². The van der Waals surface area contributed by atoms with Crippen LogP contribution in [0.5, 0.6) is 0 Å². The van der Waals surface area contributed by atoms with Crippen molar-refractivity contribution in [2.24, 2.45) is 5.73 Å². The highest BCUT2D eigenvalue weighted by Gasteiger charge is 2.19. The van der Waals surface area contributed by atoms with Crippen LogP contribution in [0.15, 0.2) is 47.6 Å². The maximum absolute atomic E-state index is 13.4. The van der Waals surface area contributed by atoms with Crippen molar-refractivity contribution in [3.05, 3.63) is 59.7 Å². The van der Waals surface area contributed by atoms with Crippen molar-refractivity contribution in [2.75, 3.05) is 0 Å². The molecular weight excluding hydrogens is 293 g/mol. The molecule has 1 heterocycles. The van der Waals surface area contributed by atoms with Crippen LogP contribution in [-0.4, -0.2) is 13.4 Å². The van der Waals surface area contributed by atoms with Crippen molar-refractivity contribution >= 4 is 10.0 Å². The van der Waals surface area contributed by atoms with Gasteiger partial charge in [0, 0.05) is 30.5 Å². The molecule has 3 N–H and O–H groups in total. The Hall–Kier alpha value is -1.83. The molecule has 1 atom stereocenters. The summed E-state index contributed by atoms with van der Waals surface area (Å²) >= 11 is 0. The van der Waals surface area contributed by atoms with E-state index in [0.29, 0.717) is 0 Å². The number of hydrogen-bond acceptors (Lipinski definition) is 4. The van der Waals surface area contributed by atoms with Gasteiger partial charge in [-0.1, -0.05) is 6.07 Å². The number of hydrogen-bond donors (Lipinski definition) is 2. The first-order valence-corrected chi connectivity index (χ1v) is 7.83. The van der Waals surface area contributed by atoms with Gasteiger partial charge in [-0.25, -0.2) is 17.5 Å². The zero-order valence-corrected chi connectivity index (χ0v) is 12.3. The Morgan fingerprint density at radius 2 is 2.14 bits per heavy atom. The summed E-state index contributed by atoms with van der Waals surface area (Å²) in [6, 6.07) is 6.61. The average Bonchev–Trinajstić information content (AvgIpc) is 2.48. The number of aromatic nitrogens is 1. The van der Waals surface area contributed by atoms with Gasteiger partial charge >= 0.3 is 0 Å². The zero-order valence-electron chi connectivity index (χ0n) is 11.5. The third-order valence-electron chi connectivity index (χ3n) is 3.06. The Kier molecular flexibility index (Phi) is 4.66. The third-order valence-corrected chi connectivity index (χ3v) is 4.60. The van der Waals surface area contributed by atoms with Crippen molar-refractivity contribution in [3.63, 3.8) is 0 Å². The number of halogens is 1. The molecular formula is C14H16FN3O2S. The summed E-state index contributed by atoms with van der Waals surface area (Å²) in [5.41, 5.74) is 6.29. The van der Waals surface area contributed by atoms with E-state index < -0.39 is 21.9 Å². The van der Waals surface area contributed by atoms with E-state index in [0.717, 1.165) is 11.6 Å². The number of benzene rings is 1. The van der Waals surface area contributed by atoms with E-state index >= 15 is 0 Å². The summed E-state index contributed by atoms with van der Waals surface area (Å²) in [6.45, 7) is 1.65. The summed E-state index contributed by atoms with van der Waals surface area (Å²) in [7, 11) is -3.76. The summed E-state index contributed by atoms with van der Waals surface area (Å²) < 4.78 is 40.5. The molecule has 0 saturated carbocycles. The van der Waals surface area contributed by atoms with Crippen molar-refractivity contribution in [3.8, 4) is 0 Å². The maximum atomic E-state index is 13.4. The first kappa shape index (κ1) is 15.6. The quantitative estimate of drug-likeness (QED) is 0.880. The van der Waals surface area contributed by atoms with Gasteiger partial charge in [0.05, 0.1) is 4.90 Å². The lowest BCUT2D eigenvalue weighted by Gasteiger charge is -2.14. The van der Waals surface area contributed by atoms with Gasteiger partial charge in [0.25, 0.3) is 0 Å². The molecule has 2 aromatic rings. The molecule has 0 radical (unpaired) electrons. The normalized spacial score (nSPS) is 13.1. The molecule has 7 heteroatoms. The summed E-state index contributed by atoms with van der Waals surface area (Å²) in [6.07, 6.45) is 3.20. The lowest BCUT2D eigenvalue weighted by Crippen LogP contribution is -2.27. The molecule has 0 aliphatic carbocycles. The van der Waals surface area contributed by atoms with Gasteiger partial charge in [0.2, 0.25) is 10.0 Å². The van der Waals surface area contributed by atoms with Crippen LogP contribution in [0, 0.1) is 5.82 Å². The molecule has 0 spiro atoms. The second kappa shape index (κ2) is 6.30. The predicted octanol–water partition coefficient (Wildman–Crippen LogP) is 1.72. The van der Waals surface area contributed by atoms with E-state index in [1.54, 1.807) is 31.5 Å². The van der Waals surface area contributed by atoms with Crippen LogP contribution in [0.4, 0.5) is 4.39 Å². The Bertz CT molecular complexity index is 720. The minimum absolute atomic E-state index is 0.0138. The van der Waals surface area contributed by atoms with E-state index in [9.17, 15) is 12.8 Å². The zero-order chi connectivity index (χ0) is 15.5. The van der Waals surface area contributed by atoms with Gasteiger partial charge in [0.1, 0.15) is 5.82 Å². The van der Waals surface area contributed by atoms with Crippen LogP contribution in [-0.2, 0) is 16.6 Å². The lowest BCUT2D eigenvalue weighted by atomic mass is 10.2. The SMILES string of the molecule is CC(NS(=O)(=O)c1ccc(F)c(CN)c1)c1cccnc1. The van der Waals surface area contributed by atoms with Crippen molar-refractivity contribution in [2.45, 2.75) is 24.4 Å². The largest absolute Gasteiger partial charge is 0.326 e. The highest BCUT2D eigenvalue weighted by molar-refractivity contribution is 7.89. The molecule has 0 bridgehead atoms. The van der Waals surface area contributed by atoms with E-state index in [1.807, 2.05) is 0 Å². The number of rotatable bonds is 5. The van der Waals surface area contributed by atoms with Crippen LogP contribution in [0.25, 0.3) is 0 Å². The summed E-state index contributed by atoms with van der Waals surface area (Å²) in [5, 5.41) is 0. The fraction of sp³-hybridized carbons (Fsp3) is 0.214. The maximum Gasteiger partial charge on any atom is 0.241 e. The van der Waals surface area contributed by atoms with Crippen LogP contribution in [0.3, 0.4) is 0 Å². The third kappa shape index (κ3) is 3.63. The fourth-order valence-electron chi connectivity index (χ4n) is 1.88. The molecule has 0 aliphatic rings. The van der Waals surface area contributed by atoms with Crippen LogP contribution < -0.4 is 10.5 Å². The smallest absolute Gasteiger partial charge is 0.241 e. The lowest BCUT2D eigenvalue weighted by molar-refractivity contribution is 0.565. The number of sulfonamides is 1. The molecule has 5 nitrogen and oxygen atoms in total. The standard InChI is InChI=1S/C14H16FN3O2S/c1-10(11-3-2-6-17-9-11)18-21(19,20)13-4-5-14(15)12(7-13)8-16/h2-7,9-10,18H,8,16H2,1H3. The number of pyridine rings is 1. The Labute approximate surface area is 123 Å². The van der Waals surface area contributed by atoms with Crippen molar-refractivity contribution in [1.82, 2.24) is 9.71 Å². The minimum atomic E-state index is -3.76. The second-order valence-electron chi connectivity index (χ2n) is 4.59. The molecule has 21 heavy (non-hydrogen) atoms. The van der Waals surface area contributed by atoms with Gasteiger partial charge in [0.15, 0.2) is 0 Å². The van der Waals surface area contributed by atoms with Crippen LogP contribution in [0.2, 0.25) is 0 Å². The van der Waals surface area contributed by atoms with Gasteiger partial charge in [-0.15, -0.1) is 0 Å². The van der Waals surface area contributed by atoms with E-state index in [2.05, 4.69) is 9.71 Å². The average molecular weight is 309 g/mol. The number of nitrogens with one attached hydrogen (secondary N) is 1.